The second-order valence-corrected chi connectivity index (χ2v) is 2.23. The molecule has 1 saturated heterocycles. The fraction of sp³-hybridized carbons (Fsp3) is 1.00. The van der Waals surface area contributed by atoms with Crippen LogP contribution in [0.4, 0.5) is 0 Å². The number of hydrogen-bond acceptors (Lipinski definition) is 4. The van der Waals surface area contributed by atoms with E-state index in [0.717, 1.165) is 0 Å². The molecule has 0 aromatic carbocycles. The van der Waals surface area contributed by atoms with E-state index in [9.17, 15) is 0 Å². The minimum Gasteiger partial charge on any atom is -0.373 e. The average Bonchev–Trinajstić information content (AvgIpc) is 2.06. The van der Waals surface area contributed by atoms with E-state index in [0.29, 0.717) is 19.8 Å². The monoisotopic (exact) mass is 146 g/mol. The van der Waals surface area contributed by atoms with Gasteiger partial charge in [-0.25, -0.2) is 0 Å². The zero-order chi connectivity index (χ0) is 7.45. The highest BCUT2D eigenvalue weighted by Gasteiger charge is 2.29. The summed E-state index contributed by atoms with van der Waals surface area (Å²) in [4.78, 5) is 0. The summed E-state index contributed by atoms with van der Waals surface area (Å²) < 4.78 is 10.6. The van der Waals surface area contributed by atoms with Gasteiger partial charge in [0, 0.05) is 0 Å². The Bertz CT molecular complexity index is 95.9. The summed E-state index contributed by atoms with van der Waals surface area (Å²) in [5.74, 6) is -0.460. The molecule has 1 aliphatic rings. The lowest BCUT2D eigenvalue weighted by molar-refractivity contribution is -0.184. The van der Waals surface area contributed by atoms with Crippen LogP contribution in [0, 0.1) is 0 Å². The van der Waals surface area contributed by atoms with Crippen LogP contribution in [0.5, 0.6) is 0 Å². The van der Waals surface area contributed by atoms with Crippen LogP contribution >= 0.6 is 0 Å². The average molecular weight is 146 g/mol. The first-order chi connectivity index (χ1) is 4.83. The highest BCUT2D eigenvalue weighted by Crippen LogP contribution is 2.06. The van der Waals surface area contributed by atoms with Crippen molar-refractivity contribution in [3.05, 3.63) is 0 Å². The molecule has 0 bridgehead atoms. The molecule has 0 aromatic rings. The third kappa shape index (κ3) is 1.46. The summed E-state index contributed by atoms with van der Waals surface area (Å²) in [7, 11) is 3.68. The van der Waals surface area contributed by atoms with Gasteiger partial charge in [-0.2, -0.15) is 0 Å². The van der Waals surface area contributed by atoms with Crippen LogP contribution < -0.4 is 10.6 Å². The molecule has 1 aliphatic heterocycles. The predicted molar refractivity (Wildman–Crippen MR) is 37.6 cm³/mol. The Morgan fingerprint density at radius 2 is 1.90 bits per heavy atom. The van der Waals surface area contributed by atoms with Crippen LogP contribution in [-0.2, 0) is 9.47 Å². The van der Waals surface area contributed by atoms with Gasteiger partial charge >= 0.3 is 0 Å². The number of likely N-dealkylation sites (N-methyl/N-ethyl adjacent to an activating group) is 2. The molecular weight excluding hydrogens is 132 g/mol. The largest absolute Gasteiger partial charge is 0.373 e. The second kappa shape index (κ2) is 3.30. The van der Waals surface area contributed by atoms with Gasteiger partial charge in [-0.15, -0.1) is 0 Å². The maximum atomic E-state index is 5.42. The molecule has 1 fully saturated rings. The van der Waals surface area contributed by atoms with Crippen molar-refractivity contribution in [2.75, 3.05) is 33.9 Å². The maximum absolute atomic E-state index is 5.42. The van der Waals surface area contributed by atoms with E-state index in [4.69, 9.17) is 9.47 Å². The van der Waals surface area contributed by atoms with Gasteiger partial charge in [-0.05, 0) is 14.1 Å². The van der Waals surface area contributed by atoms with Gasteiger partial charge in [-0.3, -0.25) is 10.6 Å². The smallest absolute Gasteiger partial charge is 0.198 e. The van der Waals surface area contributed by atoms with Crippen molar-refractivity contribution < 1.29 is 9.47 Å². The molecule has 1 rings (SSSR count). The van der Waals surface area contributed by atoms with E-state index < -0.39 is 5.85 Å². The van der Waals surface area contributed by atoms with Crippen LogP contribution in [0.3, 0.4) is 0 Å². The first-order valence-electron chi connectivity index (χ1n) is 3.42. The fourth-order valence-corrected chi connectivity index (χ4v) is 0.946. The summed E-state index contributed by atoms with van der Waals surface area (Å²) in [6.45, 7) is 1.88. The van der Waals surface area contributed by atoms with Crippen molar-refractivity contribution in [3.8, 4) is 0 Å². The van der Waals surface area contributed by atoms with Gasteiger partial charge in [0.15, 0.2) is 5.85 Å². The van der Waals surface area contributed by atoms with E-state index in [1.54, 1.807) is 0 Å². The van der Waals surface area contributed by atoms with Gasteiger partial charge in [0.2, 0.25) is 0 Å². The van der Waals surface area contributed by atoms with Crippen molar-refractivity contribution in [1.82, 2.24) is 10.6 Å². The zero-order valence-corrected chi connectivity index (χ0v) is 6.44. The van der Waals surface area contributed by atoms with Crippen molar-refractivity contribution in [1.29, 1.82) is 0 Å². The van der Waals surface area contributed by atoms with Crippen molar-refractivity contribution in [2.24, 2.45) is 0 Å². The molecule has 0 radical (unpaired) electrons. The SMILES string of the molecule is CNC1(NC)COCCO1. The minimum atomic E-state index is -0.460. The summed E-state index contributed by atoms with van der Waals surface area (Å²) >= 11 is 0. The Morgan fingerprint density at radius 1 is 1.20 bits per heavy atom. The van der Waals surface area contributed by atoms with Crippen LogP contribution in [0.1, 0.15) is 0 Å². The predicted octanol–water partition coefficient (Wildman–Crippen LogP) is -0.874. The molecule has 4 nitrogen and oxygen atoms in total. The quantitative estimate of drug-likeness (QED) is 0.497. The standard InChI is InChI=1S/C6H14N2O2/c1-7-6(8-2)5-9-3-4-10-6/h7-8H,3-5H2,1-2H3. The molecule has 0 aromatic heterocycles. The first-order valence-corrected chi connectivity index (χ1v) is 3.42. The van der Waals surface area contributed by atoms with E-state index in [-0.39, 0.29) is 0 Å². The molecule has 4 heteroatoms. The molecular formula is C6H14N2O2. The molecule has 60 valence electrons. The maximum Gasteiger partial charge on any atom is 0.198 e. The topological polar surface area (TPSA) is 42.5 Å². The summed E-state index contributed by atoms with van der Waals surface area (Å²) in [6, 6.07) is 0. The highest BCUT2D eigenvalue weighted by atomic mass is 16.6. The lowest BCUT2D eigenvalue weighted by atomic mass is 10.4. The van der Waals surface area contributed by atoms with Gasteiger partial charge < -0.3 is 9.47 Å². The third-order valence-corrected chi connectivity index (χ3v) is 1.69. The van der Waals surface area contributed by atoms with Gasteiger partial charge in [0.1, 0.15) is 6.61 Å². The van der Waals surface area contributed by atoms with E-state index in [2.05, 4.69) is 10.6 Å². The van der Waals surface area contributed by atoms with Gasteiger partial charge in [0.25, 0.3) is 0 Å². The Hall–Kier alpha value is -0.160. The molecule has 0 spiro atoms. The lowest BCUT2D eigenvalue weighted by Crippen LogP contribution is -2.61. The summed E-state index contributed by atoms with van der Waals surface area (Å²) in [5.41, 5.74) is 0. The zero-order valence-electron chi connectivity index (χ0n) is 6.44. The normalized spacial score (nSPS) is 24.6. The van der Waals surface area contributed by atoms with Crippen LogP contribution in [-0.4, -0.2) is 39.8 Å². The Morgan fingerprint density at radius 3 is 2.20 bits per heavy atom. The van der Waals surface area contributed by atoms with Gasteiger partial charge in [0.05, 0.1) is 13.2 Å². The van der Waals surface area contributed by atoms with E-state index in [1.165, 1.54) is 0 Å². The number of nitrogens with one attached hydrogen (secondary N) is 2. The minimum absolute atomic E-state index is 0.460. The molecule has 0 atom stereocenters. The summed E-state index contributed by atoms with van der Waals surface area (Å²) in [5, 5.41) is 6.02. The van der Waals surface area contributed by atoms with Crippen molar-refractivity contribution in [3.63, 3.8) is 0 Å². The molecule has 0 saturated carbocycles. The molecule has 0 unspecified atom stereocenters. The fourth-order valence-electron chi connectivity index (χ4n) is 0.946. The Labute approximate surface area is 60.9 Å². The summed E-state index contributed by atoms with van der Waals surface area (Å²) in [6.07, 6.45) is 0. The molecule has 1 heterocycles. The van der Waals surface area contributed by atoms with Crippen LogP contribution in [0.15, 0.2) is 0 Å². The van der Waals surface area contributed by atoms with Crippen LogP contribution in [0.2, 0.25) is 0 Å². The first kappa shape index (κ1) is 7.94. The molecule has 0 aliphatic carbocycles. The van der Waals surface area contributed by atoms with Crippen LogP contribution in [0.25, 0.3) is 0 Å². The van der Waals surface area contributed by atoms with Crippen molar-refractivity contribution in [2.45, 2.75) is 5.85 Å². The number of hydrogen-bond donors (Lipinski definition) is 2. The highest BCUT2D eigenvalue weighted by molar-refractivity contribution is 4.73. The van der Waals surface area contributed by atoms with E-state index in [1.807, 2.05) is 14.1 Å². The van der Waals surface area contributed by atoms with E-state index >= 15 is 0 Å². The molecule has 0 amide bonds. The lowest BCUT2D eigenvalue weighted by Gasteiger charge is -2.35. The number of ether oxygens (including phenoxy) is 2. The second-order valence-electron chi connectivity index (χ2n) is 2.23. The molecule has 10 heavy (non-hydrogen) atoms. The van der Waals surface area contributed by atoms with Gasteiger partial charge in [-0.1, -0.05) is 0 Å². The third-order valence-electron chi connectivity index (χ3n) is 1.69. The Balaban J connectivity index is 2.44. The van der Waals surface area contributed by atoms with Crippen molar-refractivity contribution >= 4 is 0 Å². The Kier molecular flexibility index (Phi) is 2.62. The molecule has 2 N–H and O–H groups in total. The number of rotatable bonds is 2.